The van der Waals surface area contributed by atoms with Crippen molar-refractivity contribution in [2.45, 2.75) is 12.0 Å². The Balaban J connectivity index is 4.08. The fourth-order valence-corrected chi connectivity index (χ4v) is 0.554. The van der Waals surface area contributed by atoms with Crippen LogP contribution < -0.4 is 17.2 Å². The van der Waals surface area contributed by atoms with Crippen molar-refractivity contribution in [1.29, 1.82) is 0 Å². The molecule has 1 atom stereocenters. The van der Waals surface area contributed by atoms with Gasteiger partial charge in [-0.1, -0.05) is 0 Å². The molecule has 1 unspecified atom stereocenters. The molecule has 0 radical (unpaired) electrons. The summed E-state index contributed by atoms with van der Waals surface area (Å²) in [5.41, 5.74) is 14.3. The molecule has 0 amide bonds. The van der Waals surface area contributed by atoms with Gasteiger partial charge in [-0.2, -0.15) is 0 Å². The molecule has 0 fully saturated rings. The molecule has 60 valence electrons. The Morgan fingerprint density at radius 2 is 2.00 bits per heavy atom. The molecule has 0 bridgehead atoms. The van der Waals surface area contributed by atoms with Crippen molar-refractivity contribution in [2.24, 2.45) is 17.2 Å². The summed E-state index contributed by atoms with van der Waals surface area (Å²) in [6.45, 7) is 0.152. The zero-order valence-corrected chi connectivity index (χ0v) is 5.71. The third-order valence-electron chi connectivity index (χ3n) is 1.38. The number of carbonyl (C=O) groups is 1. The van der Waals surface area contributed by atoms with Crippen molar-refractivity contribution in [3.63, 3.8) is 0 Å². The minimum Gasteiger partial charge on any atom is -0.480 e. The molecule has 0 rings (SSSR count). The average molecular weight is 147 g/mol. The van der Waals surface area contributed by atoms with Gasteiger partial charge in [0.15, 0.2) is 0 Å². The van der Waals surface area contributed by atoms with Crippen molar-refractivity contribution in [1.82, 2.24) is 0 Å². The number of aliphatic carboxylic acids is 1. The van der Waals surface area contributed by atoms with E-state index in [0.29, 0.717) is 0 Å². The van der Waals surface area contributed by atoms with Gasteiger partial charge < -0.3 is 22.3 Å². The van der Waals surface area contributed by atoms with Crippen LogP contribution in [0, 0.1) is 0 Å². The van der Waals surface area contributed by atoms with Gasteiger partial charge in [0.25, 0.3) is 0 Å². The number of carboxylic acids is 1. The number of hydrogen-bond acceptors (Lipinski definition) is 4. The van der Waals surface area contributed by atoms with Gasteiger partial charge in [0.2, 0.25) is 0 Å². The quantitative estimate of drug-likeness (QED) is 0.370. The summed E-state index contributed by atoms with van der Waals surface area (Å²) in [7, 11) is 0. The molecule has 5 heteroatoms. The monoisotopic (exact) mass is 147 g/mol. The van der Waals surface area contributed by atoms with Gasteiger partial charge in [0.05, 0.1) is 0 Å². The summed E-state index contributed by atoms with van der Waals surface area (Å²) in [6, 6.07) is 0. The molecular formula is C5H13N3O2. The number of hydrogen-bond donors (Lipinski definition) is 4. The Kier molecular flexibility index (Phi) is 3.27. The summed E-state index contributed by atoms with van der Waals surface area (Å²) in [6.07, 6.45) is 0.207. The van der Waals surface area contributed by atoms with Gasteiger partial charge >= 0.3 is 5.97 Å². The first-order valence-corrected chi connectivity index (χ1v) is 2.99. The Labute approximate surface area is 59.2 Å². The summed E-state index contributed by atoms with van der Waals surface area (Å²) in [5.74, 6) is -1.10. The van der Waals surface area contributed by atoms with Gasteiger partial charge in [-0.25, -0.2) is 0 Å². The van der Waals surface area contributed by atoms with Crippen LogP contribution in [-0.4, -0.2) is 29.7 Å². The zero-order valence-electron chi connectivity index (χ0n) is 5.71. The lowest BCUT2D eigenvalue weighted by Gasteiger charge is -2.21. The highest BCUT2D eigenvalue weighted by molar-refractivity contribution is 5.78. The number of nitrogens with two attached hydrogens (primary N) is 3. The smallest absolute Gasteiger partial charge is 0.325 e. The van der Waals surface area contributed by atoms with E-state index in [1.807, 2.05) is 0 Å². The largest absolute Gasteiger partial charge is 0.480 e. The van der Waals surface area contributed by atoms with Crippen LogP contribution in [0.3, 0.4) is 0 Å². The third-order valence-corrected chi connectivity index (χ3v) is 1.38. The predicted octanol–water partition coefficient (Wildman–Crippen LogP) is -1.92. The highest BCUT2D eigenvalue weighted by Crippen LogP contribution is 2.02. The first kappa shape index (κ1) is 9.35. The van der Waals surface area contributed by atoms with Crippen LogP contribution in [0.15, 0.2) is 0 Å². The zero-order chi connectivity index (χ0) is 8.20. The highest BCUT2D eigenvalue weighted by Gasteiger charge is 2.30. The molecule has 0 saturated carbocycles. The topological polar surface area (TPSA) is 115 Å². The molecule has 5 nitrogen and oxygen atoms in total. The van der Waals surface area contributed by atoms with E-state index in [2.05, 4.69) is 0 Å². The third kappa shape index (κ3) is 1.94. The Hall–Kier alpha value is -0.650. The number of carboxylic acid groups (broad SMARTS) is 1. The van der Waals surface area contributed by atoms with E-state index in [0.717, 1.165) is 0 Å². The molecule has 0 aromatic rings. The SMILES string of the molecule is NCCC(N)(CN)C(=O)O. The lowest BCUT2D eigenvalue weighted by Crippen LogP contribution is -2.55. The van der Waals surface area contributed by atoms with Crippen LogP contribution in [0.25, 0.3) is 0 Å². The standard InChI is InChI=1S/C5H13N3O2/c6-2-1-5(8,3-7)4(9)10/h1-3,6-8H2,(H,9,10). The van der Waals surface area contributed by atoms with Crippen molar-refractivity contribution >= 4 is 5.97 Å². The maximum Gasteiger partial charge on any atom is 0.325 e. The van der Waals surface area contributed by atoms with E-state index < -0.39 is 11.5 Å². The fraction of sp³-hybridized carbons (Fsp3) is 0.800. The maximum absolute atomic E-state index is 10.4. The second-order valence-electron chi connectivity index (χ2n) is 2.20. The molecule has 0 aliphatic heterocycles. The molecule has 7 N–H and O–H groups in total. The van der Waals surface area contributed by atoms with Crippen LogP contribution in [0.2, 0.25) is 0 Å². The lowest BCUT2D eigenvalue weighted by atomic mass is 9.97. The van der Waals surface area contributed by atoms with Crippen molar-refractivity contribution in [2.75, 3.05) is 13.1 Å². The Morgan fingerprint density at radius 3 is 2.10 bits per heavy atom. The highest BCUT2D eigenvalue weighted by atomic mass is 16.4. The van der Waals surface area contributed by atoms with Crippen LogP contribution in [0.4, 0.5) is 0 Å². The molecule has 0 aromatic heterocycles. The van der Waals surface area contributed by atoms with E-state index in [4.69, 9.17) is 22.3 Å². The van der Waals surface area contributed by atoms with Gasteiger partial charge in [0, 0.05) is 6.54 Å². The summed E-state index contributed by atoms with van der Waals surface area (Å²) < 4.78 is 0. The fourth-order valence-electron chi connectivity index (χ4n) is 0.554. The molecule has 0 aromatic carbocycles. The first-order valence-electron chi connectivity index (χ1n) is 2.99. The van der Waals surface area contributed by atoms with Crippen molar-refractivity contribution in [3.05, 3.63) is 0 Å². The second kappa shape index (κ2) is 3.50. The average Bonchev–Trinajstić information content (AvgIpc) is 1.88. The maximum atomic E-state index is 10.4. The van der Waals surface area contributed by atoms with Gasteiger partial charge in [-0.3, -0.25) is 4.79 Å². The van der Waals surface area contributed by atoms with Crippen LogP contribution >= 0.6 is 0 Å². The first-order chi connectivity index (χ1) is 4.56. The molecule has 0 heterocycles. The molecule has 0 spiro atoms. The summed E-state index contributed by atoms with van der Waals surface area (Å²) >= 11 is 0. The van der Waals surface area contributed by atoms with E-state index in [1.54, 1.807) is 0 Å². The molecule has 0 aliphatic carbocycles. The Morgan fingerprint density at radius 1 is 1.50 bits per heavy atom. The van der Waals surface area contributed by atoms with Gasteiger partial charge in [-0.15, -0.1) is 0 Å². The van der Waals surface area contributed by atoms with Crippen LogP contribution in [0.1, 0.15) is 6.42 Å². The Bertz CT molecular complexity index is 128. The summed E-state index contributed by atoms with van der Waals surface area (Å²) in [5, 5.41) is 8.50. The summed E-state index contributed by atoms with van der Waals surface area (Å²) in [4.78, 5) is 10.4. The minimum absolute atomic E-state index is 0.0838. The van der Waals surface area contributed by atoms with Crippen LogP contribution in [-0.2, 0) is 4.79 Å². The normalized spacial score (nSPS) is 16.3. The van der Waals surface area contributed by atoms with Gasteiger partial charge in [0.1, 0.15) is 5.54 Å². The second-order valence-corrected chi connectivity index (χ2v) is 2.20. The van der Waals surface area contributed by atoms with Crippen molar-refractivity contribution < 1.29 is 9.90 Å². The van der Waals surface area contributed by atoms with Crippen molar-refractivity contribution in [3.8, 4) is 0 Å². The molecule has 0 aliphatic rings. The van der Waals surface area contributed by atoms with E-state index in [1.165, 1.54) is 0 Å². The number of rotatable bonds is 4. The molecular weight excluding hydrogens is 134 g/mol. The van der Waals surface area contributed by atoms with E-state index in [-0.39, 0.29) is 19.5 Å². The van der Waals surface area contributed by atoms with Gasteiger partial charge in [-0.05, 0) is 13.0 Å². The molecule has 10 heavy (non-hydrogen) atoms. The lowest BCUT2D eigenvalue weighted by molar-refractivity contribution is -0.143. The minimum atomic E-state index is -1.34. The molecule has 0 saturated heterocycles. The van der Waals surface area contributed by atoms with E-state index in [9.17, 15) is 4.79 Å². The van der Waals surface area contributed by atoms with Crippen LogP contribution in [0.5, 0.6) is 0 Å². The predicted molar refractivity (Wildman–Crippen MR) is 37.3 cm³/mol. The van der Waals surface area contributed by atoms with E-state index >= 15 is 0 Å².